The number of nitrogens with zero attached hydrogens (tertiary/aromatic N) is 1. The molecule has 0 bridgehead atoms. The molecule has 0 N–H and O–H groups in total. The van der Waals surface area contributed by atoms with Crippen LogP contribution < -0.4 is 0 Å². The summed E-state index contributed by atoms with van der Waals surface area (Å²) < 4.78 is 29.0. The largest absolute Gasteiger partial charge is 0.428 e. The highest BCUT2D eigenvalue weighted by Gasteiger charge is 2.21. The third kappa shape index (κ3) is 3.49. The predicted octanol–water partition coefficient (Wildman–Crippen LogP) is 3.40. The Hall–Kier alpha value is -1.04. The van der Waals surface area contributed by atoms with E-state index in [0.717, 1.165) is 5.56 Å². The van der Waals surface area contributed by atoms with Crippen molar-refractivity contribution in [2.24, 2.45) is 0 Å². The van der Waals surface area contributed by atoms with Crippen molar-refractivity contribution in [2.75, 3.05) is 11.6 Å². The van der Waals surface area contributed by atoms with Gasteiger partial charge in [0.15, 0.2) is 5.76 Å². The van der Waals surface area contributed by atoms with Crippen LogP contribution in [-0.2, 0) is 9.84 Å². The number of hydrogen-bond acceptors (Lipinski definition) is 4. The van der Waals surface area contributed by atoms with Gasteiger partial charge in [-0.2, -0.15) is 0 Å². The molecule has 0 amide bonds. The topological polar surface area (TPSA) is 60.2 Å². The molecule has 7 heteroatoms. The van der Waals surface area contributed by atoms with Gasteiger partial charge in [0, 0.05) is 16.5 Å². The highest BCUT2D eigenvalue weighted by molar-refractivity contribution is 7.91. The zero-order valence-electron chi connectivity index (χ0n) is 9.84. The molecule has 1 heterocycles. The molecule has 2 aromatic rings. The Morgan fingerprint density at radius 1 is 1.21 bits per heavy atom. The molecule has 19 heavy (non-hydrogen) atoms. The Labute approximate surface area is 121 Å². The van der Waals surface area contributed by atoms with Gasteiger partial charge in [-0.05, 0) is 30.7 Å². The lowest BCUT2D eigenvalue weighted by Gasteiger charge is -1.98. The fourth-order valence-corrected chi connectivity index (χ4v) is 3.03. The van der Waals surface area contributed by atoms with Crippen LogP contribution in [0, 0.1) is 0 Å². The van der Waals surface area contributed by atoms with Crippen LogP contribution in [0.15, 0.2) is 40.1 Å². The zero-order valence-corrected chi connectivity index (χ0v) is 12.2. The number of alkyl halides is 1. The first-order valence-corrected chi connectivity index (χ1v) is 8.10. The van der Waals surface area contributed by atoms with E-state index in [2.05, 4.69) is 4.98 Å². The van der Waals surface area contributed by atoms with E-state index in [0.29, 0.717) is 17.2 Å². The maximum atomic E-state index is 11.9. The van der Waals surface area contributed by atoms with Crippen LogP contribution in [0.5, 0.6) is 0 Å². The summed E-state index contributed by atoms with van der Waals surface area (Å²) in [6, 6.07) is 6.86. The van der Waals surface area contributed by atoms with Crippen molar-refractivity contribution in [3.8, 4) is 11.3 Å². The third-order valence-electron chi connectivity index (χ3n) is 2.43. The fraction of sp³-hybridized carbons (Fsp3) is 0.250. The summed E-state index contributed by atoms with van der Waals surface area (Å²) in [6.07, 6.45) is 1.75. The van der Waals surface area contributed by atoms with Gasteiger partial charge in [-0.15, -0.1) is 11.6 Å². The van der Waals surface area contributed by atoms with E-state index < -0.39 is 9.84 Å². The minimum atomic E-state index is -3.51. The van der Waals surface area contributed by atoms with Crippen LogP contribution in [-0.4, -0.2) is 25.0 Å². The highest BCUT2D eigenvalue weighted by Crippen LogP contribution is 2.24. The molecule has 0 radical (unpaired) electrons. The molecule has 0 aliphatic heterocycles. The van der Waals surface area contributed by atoms with Crippen molar-refractivity contribution in [1.29, 1.82) is 0 Å². The van der Waals surface area contributed by atoms with Gasteiger partial charge in [0.1, 0.15) is 0 Å². The monoisotopic (exact) mass is 319 g/mol. The van der Waals surface area contributed by atoms with Crippen LogP contribution >= 0.6 is 23.2 Å². The van der Waals surface area contributed by atoms with Gasteiger partial charge in [-0.3, -0.25) is 0 Å². The molecule has 0 unspecified atom stereocenters. The molecule has 0 saturated carbocycles. The van der Waals surface area contributed by atoms with Crippen molar-refractivity contribution in [2.45, 2.75) is 11.6 Å². The van der Waals surface area contributed by atoms with E-state index >= 15 is 0 Å². The summed E-state index contributed by atoms with van der Waals surface area (Å²) in [7, 11) is -3.51. The van der Waals surface area contributed by atoms with E-state index in [-0.39, 0.29) is 16.9 Å². The van der Waals surface area contributed by atoms with Crippen molar-refractivity contribution in [3.63, 3.8) is 0 Å². The smallest absolute Gasteiger partial charge is 0.315 e. The third-order valence-corrected chi connectivity index (χ3v) is 4.49. The SMILES string of the molecule is O=S(=O)(CCCCl)c1ncc(-c2ccc(Cl)cc2)o1. The number of halogens is 2. The number of hydrogen-bond donors (Lipinski definition) is 0. The Bertz CT molecular complexity index is 650. The zero-order chi connectivity index (χ0) is 13.9. The molecule has 102 valence electrons. The quantitative estimate of drug-likeness (QED) is 0.792. The van der Waals surface area contributed by atoms with Crippen molar-refractivity contribution >= 4 is 33.0 Å². The van der Waals surface area contributed by atoms with Gasteiger partial charge >= 0.3 is 5.22 Å². The van der Waals surface area contributed by atoms with Crippen molar-refractivity contribution in [1.82, 2.24) is 4.98 Å². The molecular formula is C12H11Cl2NO3S. The Morgan fingerprint density at radius 2 is 1.89 bits per heavy atom. The van der Waals surface area contributed by atoms with Crippen molar-refractivity contribution in [3.05, 3.63) is 35.5 Å². The summed E-state index contributed by atoms with van der Waals surface area (Å²) in [6.45, 7) is 0. The lowest BCUT2D eigenvalue weighted by molar-refractivity contribution is 0.440. The van der Waals surface area contributed by atoms with Crippen LogP contribution in [0.3, 0.4) is 0 Å². The Kier molecular flexibility index (Phi) is 4.50. The first-order valence-electron chi connectivity index (χ1n) is 5.53. The van der Waals surface area contributed by atoms with Gasteiger partial charge in [0.2, 0.25) is 9.84 Å². The molecule has 4 nitrogen and oxygen atoms in total. The molecular weight excluding hydrogens is 309 g/mol. The summed E-state index contributed by atoms with van der Waals surface area (Å²) in [5, 5.41) is 0.320. The van der Waals surface area contributed by atoms with Gasteiger partial charge < -0.3 is 4.42 Å². The summed E-state index contributed by atoms with van der Waals surface area (Å²) in [5.41, 5.74) is 0.718. The summed E-state index contributed by atoms with van der Waals surface area (Å²) >= 11 is 11.3. The number of rotatable bonds is 5. The van der Waals surface area contributed by atoms with E-state index in [1.807, 2.05) is 0 Å². The number of oxazole rings is 1. The molecule has 0 atom stereocenters. The average molecular weight is 320 g/mol. The molecule has 2 rings (SSSR count). The lowest BCUT2D eigenvalue weighted by atomic mass is 10.2. The molecule has 0 spiro atoms. The molecule has 0 aliphatic rings. The first-order chi connectivity index (χ1) is 9.03. The second-order valence-electron chi connectivity index (χ2n) is 3.86. The molecule has 1 aromatic carbocycles. The van der Waals surface area contributed by atoms with Gasteiger partial charge in [-0.1, -0.05) is 11.6 Å². The maximum Gasteiger partial charge on any atom is 0.315 e. The minimum Gasteiger partial charge on any atom is -0.428 e. The maximum absolute atomic E-state index is 11.9. The Morgan fingerprint density at radius 3 is 2.53 bits per heavy atom. The average Bonchev–Trinajstić information content (AvgIpc) is 2.88. The minimum absolute atomic E-state index is 0.0724. The van der Waals surface area contributed by atoms with Gasteiger partial charge in [0.25, 0.3) is 0 Å². The van der Waals surface area contributed by atoms with E-state index in [9.17, 15) is 8.42 Å². The fourth-order valence-electron chi connectivity index (χ4n) is 1.48. The van der Waals surface area contributed by atoms with Crippen LogP contribution in [0.25, 0.3) is 11.3 Å². The summed E-state index contributed by atoms with van der Waals surface area (Å²) in [5.74, 6) is 0.599. The summed E-state index contributed by atoms with van der Waals surface area (Å²) in [4.78, 5) is 3.81. The molecule has 0 saturated heterocycles. The first kappa shape index (κ1) is 14.4. The van der Waals surface area contributed by atoms with Gasteiger partial charge in [0.05, 0.1) is 11.9 Å². The molecule has 0 aliphatic carbocycles. The molecule has 1 aromatic heterocycles. The normalized spacial score (nSPS) is 11.7. The molecule has 0 fully saturated rings. The van der Waals surface area contributed by atoms with Gasteiger partial charge in [-0.25, -0.2) is 13.4 Å². The number of aromatic nitrogens is 1. The highest BCUT2D eigenvalue weighted by atomic mass is 35.5. The van der Waals surface area contributed by atoms with Crippen LogP contribution in [0.4, 0.5) is 0 Å². The second kappa shape index (κ2) is 5.94. The lowest BCUT2D eigenvalue weighted by Crippen LogP contribution is -2.07. The second-order valence-corrected chi connectivity index (χ2v) is 6.66. The van der Waals surface area contributed by atoms with Crippen molar-refractivity contribution < 1.29 is 12.8 Å². The standard InChI is InChI=1S/C12H11Cl2NO3S/c13-6-1-7-19(16,17)12-15-8-11(18-12)9-2-4-10(14)5-3-9/h2-5,8H,1,6-7H2. The van der Waals surface area contributed by atoms with E-state index in [1.165, 1.54) is 6.20 Å². The van der Waals surface area contributed by atoms with Crippen LogP contribution in [0.1, 0.15) is 6.42 Å². The van der Waals surface area contributed by atoms with Crippen LogP contribution in [0.2, 0.25) is 5.02 Å². The van der Waals surface area contributed by atoms with E-state index in [4.69, 9.17) is 27.6 Å². The van der Waals surface area contributed by atoms with E-state index in [1.54, 1.807) is 24.3 Å². The Balaban J connectivity index is 2.26. The predicted molar refractivity (Wildman–Crippen MR) is 74.3 cm³/mol. The number of sulfone groups is 1. The number of benzene rings is 1.